The van der Waals surface area contributed by atoms with Gasteiger partial charge in [0.2, 0.25) is 5.91 Å². The summed E-state index contributed by atoms with van der Waals surface area (Å²) in [4.78, 5) is 14.6. The molecule has 3 rings (SSSR count). The van der Waals surface area contributed by atoms with E-state index in [4.69, 9.17) is 0 Å². The Balaban J connectivity index is 1.69. The van der Waals surface area contributed by atoms with Crippen molar-refractivity contribution in [1.29, 1.82) is 0 Å². The zero-order valence-corrected chi connectivity index (χ0v) is 17.4. The van der Waals surface area contributed by atoms with Crippen molar-refractivity contribution in [3.63, 3.8) is 0 Å². The van der Waals surface area contributed by atoms with Gasteiger partial charge in [0.15, 0.2) is 11.0 Å². The summed E-state index contributed by atoms with van der Waals surface area (Å²) < 4.78 is 2.07. The average Bonchev–Trinajstić information content (AvgIpc) is 3.14. The fraction of sp³-hybridized carbons (Fsp3) is 0.318. The molecule has 6 heteroatoms. The lowest BCUT2D eigenvalue weighted by Crippen LogP contribution is -2.31. The van der Waals surface area contributed by atoms with E-state index in [0.717, 1.165) is 28.7 Å². The topological polar surface area (TPSA) is 51.0 Å². The number of nitrogens with zero attached hydrogens (tertiary/aromatic N) is 4. The predicted molar refractivity (Wildman–Crippen MR) is 114 cm³/mol. The second-order valence-electron chi connectivity index (χ2n) is 6.60. The molecule has 28 heavy (non-hydrogen) atoms. The molecule has 0 N–H and O–H groups in total. The monoisotopic (exact) mass is 394 g/mol. The first kappa shape index (κ1) is 20.1. The van der Waals surface area contributed by atoms with Crippen molar-refractivity contribution in [1.82, 2.24) is 19.7 Å². The third-order valence-electron chi connectivity index (χ3n) is 4.58. The molecule has 0 bridgehead atoms. The summed E-state index contributed by atoms with van der Waals surface area (Å²) in [5.41, 5.74) is 3.37. The van der Waals surface area contributed by atoms with Gasteiger partial charge in [-0.2, -0.15) is 0 Å². The number of aromatic nitrogens is 3. The average molecular weight is 395 g/mol. The van der Waals surface area contributed by atoms with Crippen LogP contribution in [0.15, 0.2) is 59.8 Å². The molecule has 0 unspecified atom stereocenters. The highest BCUT2D eigenvalue weighted by Crippen LogP contribution is 2.25. The molecule has 0 saturated heterocycles. The van der Waals surface area contributed by atoms with Crippen LogP contribution in [-0.4, -0.2) is 37.9 Å². The summed E-state index contributed by atoms with van der Waals surface area (Å²) in [6.07, 6.45) is 0. The van der Waals surface area contributed by atoms with Crippen LogP contribution in [0.4, 0.5) is 0 Å². The number of carbonyl (C=O) groups is 1. The van der Waals surface area contributed by atoms with Gasteiger partial charge in [0.25, 0.3) is 0 Å². The highest BCUT2D eigenvalue weighted by atomic mass is 32.2. The normalized spacial score (nSPS) is 10.8. The maximum absolute atomic E-state index is 12.7. The van der Waals surface area contributed by atoms with Crippen LogP contribution in [0.2, 0.25) is 0 Å². The van der Waals surface area contributed by atoms with Crippen molar-refractivity contribution in [3.05, 3.63) is 65.7 Å². The number of thioether (sulfide) groups is 1. The minimum absolute atomic E-state index is 0.110. The molecular weight excluding hydrogens is 368 g/mol. The maximum atomic E-state index is 12.7. The number of hydrogen-bond donors (Lipinski definition) is 0. The second-order valence-corrected chi connectivity index (χ2v) is 7.54. The standard InChI is InChI=1S/C22H26N4OS/c1-4-25(15-18-11-7-6-8-12-18)20(27)16-28-22-24-23-21(26(22)5-2)19-13-9-10-17(3)14-19/h6-14H,4-5,15-16H2,1-3H3. The third-order valence-corrected chi connectivity index (χ3v) is 5.54. The van der Waals surface area contributed by atoms with E-state index in [1.165, 1.54) is 17.3 Å². The van der Waals surface area contributed by atoms with Crippen molar-refractivity contribution in [2.75, 3.05) is 12.3 Å². The van der Waals surface area contributed by atoms with Crippen molar-refractivity contribution < 1.29 is 4.79 Å². The van der Waals surface area contributed by atoms with Crippen molar-refractivity contribution in [2.24, 2.45) is 0 Å². The van der Waals surface area contributed by atoms with Crippen LogP contribution in [0.5, 0.6) is 0 Å². The van der Waals surface area contributed by atoms with E-state index in [1.54, 1.807) is 0 Å². The van der Waals surface area contributed by atoms with Gasteiger partial charge in [-0.1, -0.05) is 65.9 Å². The summed E-state index contributed by atoms with van der Waals surface area (Å²) in [5, 5.41) is 9.50. The maximum Gasteiger partial charge on any atom is 0.233 e. The summed E-state index contributed by atoms with van der Waals surface area (Å²) in [5.74, 6) is 1.31. The number of benzene rings is 2. The van der Waals surface area contributed by atoms with Crippen LogP contribution >= 0.6 is 11.8 Å². The lowest BCUT2D eigenvalue weighted by atomic mass is 10.1. The van der Waals surface area contributed by atoms with Crippen LogP contribution < -0.4 is 0 Å². The van der Waals surface area contributed by atoms with Crippen molar-refractivity contribution in [2.45, 2.75) is 39.0 Å². The first-order valence-electron chi connectivity index (χ1n) is 9.57. The van der Waals surface area contributed by atoms with Gasteiger partial charge in [-0.25, -0.2) is 0 Å². The number of hydrogen-bond acceptors (Lipinski definition) is 4. The number of carbonyl (C=O) groups excluding carboxylic acids is 1. The van der Waals surface area contributed by atoms with E-state index in [1.807, 2.05) is 54.3 Å². The van der Waals surface area contributed by atoms with E-state index in [0.29, 0.717) is 18.8 Å². The highest BCUT2D eigenvalue weighted by Gasteiger charge is 2.17. The Morgan fingerprint density at radius 1 is 1.07 bits per heavy atom. The van der Waals surface area contributed by atoms with Crippen LogP contribution in [-0.2, 0) is 17.9 Å². The molecule has 0 spiro atoms. The molecule has 0 aliphatic heterocycles. The third kappa shape index (κ3) is 4.81. The molecule has 1 aromatic heterocycles. The molecule has 3 aromatic rings. The van der Waals surface area contributed by atoms with Gasteiger partial charge in [0.05, 0.1) is 5.75 Å². The van der Waals surface area contributed by atoms with Gasteiger partial charge in [0, 0.05) is 25.2 Å². The molecule has 0 radical (unpaired) electrons. The summed E-state index contributed by atoms with van der Waals surface area (Å²) >= 11 is 1.45. The Bertz CT molecular complexity index is 923. The minimum atomic E-state index is 0.110. The first-order valence-corrected chi connectivity index (χ1v) is 10.6. The van der Waals surface area contributed by atoms with E-state index in [2.05, 4.69) is 40.7 Å². The van der Waals surface area contributed by atoms with Gasteiger partial charge in [-0.15, -0.1) is 10.2 Å². The van der Waals surface area contributed by atoms with E-state index in [9.17, 15) is 4.79 Å². The minimum Gasteiger partial charge on any atom is -0.338 e. The fourth-order valence-electron chi connectivity index (χ4n) is 3.08. The van der Waals surface area contributed by atoms with E-state index in [-0.39, 0.29) is 5.91 Å². The molecule has 2 aromatic carbocycles. The zero-order chi connectivity index (χ0) is 19.9. The van der Waals surface area contributed by atoms with Crippen molar-refractivity contribution in [3.8, 4) is 11.4 Å². The highest BCUT2D eigenvalue weighted by molar-refractivity contribution is 7.99. The first-order chi connectivity index (χ1) is 13.6. The lowest BCUT2D eigenvalue weighted by Gasteiger charge is -2.20. The molecule has 1 heterocycles. The smallest absolute Gasteiger partial charge is 0.233 e. The Morgan fingerprint density at radius 2 is 1.86 bits per heavy atom. The number of rotatable bonds is 8. The quantitative estimate of drug-likeness (QED) is 0.531. The Hall–Kier alpha value is -2.60. The summed E-state index contributed by atoms with van der Waals surface area (Å²) in [6, 6.07) is 18.3. The molecular formula is C22H26N4OS. The molecule has 0 atom stereocenters. The Labute approximate surface area is 170 Å². The van der Waals surface area contributed by atoms with Crippen LogP contribution in [0, 0.1) is 6.92 Å². The summed E-state index contributed by atoms with van der Waals surface area (Å²) in [6.45, 7) is 8.22. The zero-order valence-electron chi connectivity index (χ0n) is 16.6. The lowest BCUT2D eigenvalue weighted by molar-refractivity contribution is -0.128. The largest absolute Gasteiger partial charge is 0.338 e. The molecule has 5 nitrogen and oxygen atoms in total. The van der Waals surface area contributed by atoms with Crippen molar-refractivity contribution >= 4 is 17.7 Å². The van der Waals surface area contributed by atoms with Gasteiger partial charge in [0.1, 0.15) is 0 Å². The van der Waals surface area contributed by atoms with E-state index < -0.39 is 0 Å². The molecule has 146 valence electrons. The Kier molecular flexibility index (Phi) is 6.87. The summed E-state index contributed by atoms with van der Waals surface area (Å²) in [7, 11) is 0. The van der Waals surface area contributed by atoms with Gasteiger partial charge in [-0.05, 0) is 32.4 Å². The fourth-order valence-corrected chi connectivity index (χ4v) is 3.98. The van der Waals surface area contributed by atoms with Crippen LogP contribution in [0.1, 0.15) is 25.0 Å². The van der Waals surface area contributed by atoms with Gasteiger partial charge < -0.3 is 9.47 Å². The Morgan fingerprint density at radius 3 is 2.54 bits per heavy atom. The second kappa shape index (κ2) is 9.55. The van der Waals surface area contributed by atoms with Crippen LogP contribution in [0.25, 0.3) is 11.4 Å². The van der Waals surface area contributed by atoms with E-state index >= 15 is 0 Å². The molecule has 0 saturated carbocycles. The van der Waals surface area contributed by atoms with Gasteiger partial charge in [-0.3, -0.25) is 4.79 Å². The SMILES string of the molecule is CCN(Cc1ccccc1)C(=O)CSc1nnc(-c2cccc(C)c2)n1CC. The van der Waals surface area contributed by atoms with Crippen LogP contribution in [0.3, 0.4) is 0 Å². The number of aryl methyl sites for hydroxylation is 1. The number of amides is 1. The molecule has 0 aliphatic rings. The predicted octanol–water partition coefficient (Wildman–Crippen LogP) is 4.41. The molecule has 1 amide bonds. The van der Waals surface area contributed by atoms with Gasteiger partial charge >= 0.3 is 0 Å². The molecule has 0 fully saturated rings. The molecule has 0 aliphatic carbocycles.